The van der Waals surface area contributed by atoms with E-state index >= 15 is 0 Å². The molecule has 2 rings (SSSR count). The molecule has 2 heterocycles. The van der Waals surface area contributed by atoms with E-state index in [0.29, 0.717) is 22.0 Å². The van der Waals surface area contributed by atoms with Crippen LogP contribution in [-0.2, 0) is 6.54 Å². The van der Waals surface area contributed by atoms with Crippen LogP contribution in [0.15, 0.2) is 27.8 Å². The third-order valence-electron chi connectivity index (χ3n) is 2.80. The minimum Gasteiger partial charge on any atom is -0.268 e. The van der Waals surface area contributed by atoms with Gasteiger partial charge >= 0.3 is 0 Å². The summed E-state index contributed by atoms with van der Waals surface area (Å²) < 4.78 is 1.24. The molecular weight excluding hydrogens is 254 g/mol. The normalized spacial score (nSPS) is 10.6. The predicted molar refractivity (Wildman–Crippen MR) is 69.1 cm³/mol. The van der Waals surface area contributed by atoms with Gasteiger partial charge in [0.15, 0.2) is 0 Å². The molecule has 0 aromatic carbocycles. The SMILES string of the molecule is Cc1c(C)c(=O)n(Cc2cccc(Cl)n2)[nH]c1=O. The molecule has 5 nitrogen and oxygen atoms in total. The molecule has 1 N–H and O–H groups in total. The molecule has 0 radical (unpaired) electrons. The van der Waals surface area contributed by atoms with E-state index in [1.165, 1.54) is 4.68 Å². The molecule has 2 aromatic heterocycles. The summed E-state index contributed by atoms with van der Waals surface area (Å²) in [7, 11) is 0. The maximum absolute atomic E-state index is 12.0. The first kappa shape index (κ1) is 12.6. The lowest BCUT2D eigenvalue weighted by atomic mass is 10.2. The van der Waals surface area contributed by atoms with Crippen LogP contribution in [0.4, 0.5) is 0 Å². The Morgan fingerprint density at radius 1 is 1.28 bits per heavy atom. The Balaban J connectivity index is 2.48. The van der Waals surface area contributed by atoms with Crippen molar-refractivity contribution in [1.29, 1.82) is 0 Å². The molecule has 18 heavy (non-hydrogen) atoms. The number of aromatic nitrogens is 3. The topological polar surface area (TPSA) is 67.8 Å². The van der Waals surface area contributed by atoms with Crippen LogP contribution in [-0.4, -0.2) is 14.8 Å². The predicted octanol–water partition coefficient (Wildman–Crippen LogP) is 1.25. The molecule has 0 amide bonds. The summed E-state index contributed by atoms with van der Waals surface area (Å²) in [6, 6.07) is 5.14. The largest absolute Gasteiger partial charge is 0.268 e. The molecule has 0 saturated carbocycles. The van der Waals surface area contributed by atoms with Crippen LogP contribution in [0.25, 0.3) is 0 Å². The fourth-order valence-electron chi connectivity index (χ4n) is 1.60. The number of nitrogens with zero attached hydrogens (tertiary/aromatic N) is 2. The van der Waals surface area contributed by atoms with Crippen LogP contribution in [0.1, 0.15) is 16.8 Å². The summed E-state index contributed by atoms with van der Waals surface area (Å²) in [4.78, 5) is 27.6. The zero-order valence-corrected chi connectivity index (χ0v) is 10.8. The van der Waals surface area contributed by atoms with Gasteiger partial charge in [-0.3, -0.25) is 14.7 Å². The lowest BCUT2D eigenvalue weighted by molar-refractivity contribution is 0.608. The molecule has 0 aliphatic rings. The highest BCUT2D eigenvalue weighted by molar-refractivity contribution is 6.29. The van der Waals surface area contributed by atoms with Gasteiger partial charge in [0.1, 0.15) is 5.15 Å². The maximum Gasteiger partial charge on any atom is 0.268 e. The van der Waals surface area contributed by atoms with Gasteiger partial charge in [-0.25, -0.2) is 9.67 Å². The van der Waals surface area contributed by atoms with Gasteiger partial charge in [0.2, 0.25) is 0 Å². The van der Waals surface area contributed by atoms with E-state index in [-0.39, 0.29) is 17.7 Å². The summed E-state index contributed by atoms with van der Waals surface area (Å²) in [5, 5.41) is 2.87. The van der Waals surface area contributed by atoms with Crippen molar-refractivity contribution in [3.63, 3.8) is 0 Å². The van der Waals surface area contributed by atoms with Crippen molar-refractivity contribution in [1.82, 2.24) is 14.8 Å². The number of rotatable bonds is 2. The van der Waals surface area contributed by atoms with Crippen molar-refractivity contribution in [3.05, 3.63) is 60.9 Å². The van der Waals surface area contributed by atoms with Crippen molar-refractivity contribution >= 4 is 11.6 Å². The van der Waals surface area contributed by atoms with Crippen molar-refractivity contribution in [2.75, 3.05) is 0 Å². The van der Waals surface area contributed by atoms with Gasteiger partial charge in [0.05, 0.1) is 12.2 Å². The Morgan fingerprint density at radius 3 is 2.67 bits per heavy atom. The average molecular weight is 266 g/mol. The molecule has 0 saturated heterocycles. The summed E-state index contributed by atoms with van der Waals surface area (Å²) in [5.41, 5.74) is 1.00. The Hall–Kier alpha value is -1.88. The number of pyridine rings is 1. The maximum atomic E-state index is 12.0. The first-order valence-electron chi connectivity index (χ1n) is 5.41. The molecule has 0 aliphatic heterocycles. The van der Waals surface area contributed by atoms with Crippen molar-refractivity contribution in [2.45, 2.75) is 20.4 Å². The van der Waals surface area contributed by atoms with Crippen LogP contribution < -0.4 is 11.1 Å². The van der Waals surface area contributed by atoms with Gasteiger partial charge in [0.25, 0.3) is 11.1 Å². The summed E-state index contributed by atoms with van der Waals surface area (Å²) in [6.07, 6.45) is 0. The Labute approximate surface area is 108 Å². The minimum absolute atomic E-state index is 0.190. The highest BCUT2D eigenvalue weighted by Gasteiger charge is 2.08. The lowest BCUT2D eigenvalue weighted by Crippen LogP contribution is -2.33. The Kier molecular flexibility index (Phi) is 3.34. The fraction of sp³-hybridized carbons (Fsp3) is 0.250. The second-order valence-corrected chi connectivity index (χ2v) is 4.42. The van der Waals surface area contributed by atoms with E-state index in [1.807, 2.05) is 0 Å². The minimum atomic E-state index is -0.269. The standard InChI is InChI=1S/C12H12ClN3O2/c1-7-8(2)12(18)16(15-11(7)17)6-9-4-3-5-10(13)14-9/h3-5H,6H2,1-2H3,(H,15,17). The fourth-order valence-corrected chi connectivity index (χ4v) is 1.78. The zero-order chi connectivity index (χ0) is 13.3. The summed E-state index contributed by atoms with van der Waals surface area (Å²) in [6.45, 7) is 3.45. The van der Waals surface area contributed by atoms with E-state index in [4.69, 9.17) is 11.6 Å². The van der Waals surface area contributed by atoms with E-state index in [9.17, 15) is 9.59 Å². The quantitative estimate of drug-likeness (QED) is 0.831. The molecule has 6 heteroatoms. The molecule has 2 aromatic rings. The summed E-state index contributed by atoms with van der Waals surface area (Å²) in [5.74, 6) is 0. The van der Waals surface area contributed by atoms with Gasteiger partial charge in [-0.1, -0.05) is 17.7 Å². The van der Waals surface area contributed by atoms with Crippen LogP contribution in [0.5, 0.6) is 0 Å². The summed E-state index contributed by atoms with van der Waals surface area (Å²) >= 11 is 5.77. The molecule has 0 spiro atoms. The Bertz CT molecular complexity index is 703. The van der Waals surface area contributed by atoms with Gasteiger partial charge in [-0.05, 0) is 26.0 Å². The molecule has 0 unspecified atom stereocenters. The number of aromatic amines is 1. The van der Waals surface area contributed by atoms with Gasteiger partial charge in [0, 0.05) is 11.1 Å². The number of H-pyrrole nitrogens is 1. The molecular formula is C12H12ClN3O2. The monoisotopic (exact) mass is 265 g/mol. The third kappa shape index (κ3) is 2.36. The van der Waals surface area contributed by atoms with E-state index in [1.54, 1.807) is 32.0 Å². The van der Waals surface area contributed by atoms with Crippen LogP contribution in [0, 0.1) is 13.8 Å². The van der Waals surface area contributed by atoms with Gasteiger partial charge in [-0.15, -0.1) is 0 Å². The van der Waals surface area contributed by atoms with Crippen molar-refractivity contribution < 1.29 is 0 Å². The highest BCUT2D eigenvalue weighted by Crippen LogP contribution is 2.05. The zero-order valence-electron chi connectivity index (χ0n) is 10.0. The van der Waals surface area contributed by atoms with E-state index < -0.39 is 0 Å². The third-order valence-corrected chi connectivity index (χ3v) is 3.01. The Morgan fingerprint density at radius 2 is 2.00 bits per heavy atom. The molecule has 94 valence electrons. The van der Waals surface area contributed by atoms with Crippen LogP contribution in [0.2, 0.25) is 5.15 Å². The van der Waals surface area contributed by atoms with Crippen LogP contribution >= 0.6 is 11.6 Å². The highest BCUT2D eigenvalue weighted by atomic mass is 35.5. The van der Waals surface area contributed by atoms with Crippen molar-refractivity contribution in [3.8, 4) is 0 Å². The lowest BCUT2D eigenvalue weighted by Gasteiger charge is -2.07. The van der Waals surface area contributed by atoms with Crippen LogP contribution in [0.3, 0.4) is 0 Å². The number of halogens is 1. The second-order valence-electron chi connectivity index (χ2n) is 4.03. The van der Waals surface area contributed by atoms with Crippen molar-refractivity contribution in [2.24, 2.45) is 0 Å². The molecule has 0 fully saturated rings. The molecule has 0 atom stereocenters. The molecule has 0 aliphatic carbocycles. The van der Waals surface area contributed by atoms with E-state index in [0.717, 1.165) is 0 Å². The van der Waals surface area contributed by atoms with Gasteiger partial charge in [-0.2, -0.15) is 0 Å². The first-order chi connectivity index (χ1) is 8.49. The van der Waals surface area contributed by atoms with Gasteiger partial charge < -0.3 is 0 Å². The average Bonchev–Trinajstić information content (AvgIpc) is 2.33. The smallest absolute Gasteiger partial charge is 0.268 e. The number of hydrogen-bond donors (Lipinski definition) is 1. The number of nitrogens with one attached hydrogen (secondary N) is 1. The number of hydrogen-bond acceptors (Lipinski definition) is 3. The molecule has 0 bridgehead atoms. The van der Waals surface area contributed by atoms with E-state index in [2.05, 4.69) is 10.1 Å². The first-order valence-corrected chi connectivity index (χ1v) is 5.78. The second kappa shape index (κ2) is 4.78.